The Labute approximate surface area is 128 Å². The Balaban J connectivity index is 3.18. The van der Waals surface area contributed by atoms with Crippen LogP contribution in [0.1, 0.15) is 52.3 Å². The second-order valence-corrected chi connectivity index (χ2v) is 7.68. The van der Waals surface area contributed by atoms with Crippen molar-refractivity contribution in [2.24, 2.45) is 0 Å². The van der Waals surface area contributed by atoms with Crippen LogP contribution in [-0.4, -0.2) is 41.5 Å². The summed E-state index contributed by atoms with van der Waals surface area (Å²) in [5.74, 6) is 0. The monoisotopic (exact) mass is 316 g/mol. The molecular weight excluding hydrogens is 288 g/mol. The molecule has 1 aromatic rings. The number of aromatic amines is 1. The third kappa shape index (κ3) is 4.28. The Morgan fingerprint density at radius 1 is 1.29 bits per heavy atom. The fourth-order valence-electron chi connectivity index (χ4n) is 2.15. The van der Waals surface area contributed by atoms with Crippen LogP contribution in [0.4, 0.5) is 0 Å². The molecule has 0 fully saturated rings. The third-order valence-corrected chi connectivity index (χ3v) is 5.34. The largest absolute Gasteiger partial charge is 0.310 e. The van der Waals surface area contributed by atoms with Crippen LogP contribution in [0.2, 0.25) is 0 Å². The van der Waals surface area contributed by atoms with Crippen molar-refractivity contribution in [3.05, 3.63) is 11.3 Å². The SMILES string of the molecule is CCCN(C(C)C)S(=O)(=O)c1n[nH]c(C)c1CNC(C)C. The first-order valence-corrected chi connectivity index (χ1v) is 8.94. The quantitative estimate of drug-likeness (QED) is 0.769. The van der Waals surface area contributed by atoms with Gasteiger partial charge >= 0.3 is 0 Å². The summed E-state index contributed by atoms with van der Waals surface area (Å²) in [5.41, 5.74) is 1.52. The number of nitrogens with one attached hydrogen (secondary N) is 2. The van der Waals surface area contributed by atoms with E-state index in [0.29, 0.717) is 13.1 Å². The zero-order chi connectivity index (χ0) is 16.2. The molecule has 0 aromatic carbocycles. The molecule has 0 amide bonds. The summed E-state index contributed by atoms with van der Waals surface area (Å²) in [7, 11) is -3.57. The summed E-state index contributed by atoms with van der Waals surface area (Å²) >= 11 is 0. The fourth-order valence-corrected chi connectivity index (χ4v) is 4.04. The number of hydrogen-bond donors (Lipinski definition) is 2. The molecule has 2 N–H and O–H groups in total. The van der Waals surface area contributed by atoms with Crippen LogP contribution < -0.4 is 5.32 Å². The lowest BCUT2D eigenvalue weighted by molar-refractivity contribution is 0.352. The van der Waals surface area contributed by atoms with Gasteiger partial charge in [0.2, 0.25) is 0 Å². The van der Waals surface area contributed by atoms with Gasteiger partial charge < -0.3 is 5.32 Å². The normalized spacial score (nSPS) is 12.8. The molecule has 0 unspecified atom stereocenters. The topological polar surface area (TPSA) is 78.1 Å². The molecule has 0 aliphatic carbocycles. The van der Waals surface area contributed by atoms with Crippen molar-refractivity contribution in [3.8, 4) is 0 Å². The van der Waals surface area contributed by atoms with E-state index in [9.17, 15) is 8.42 Å². The molecule has 7 heteroatoms. The standard InChI is InChI=1S/C14H28N4O2S/c1-7-8-18(11(4)5)21(19,20)14-13(9-15-10(2)3)12(6)16-17-14/h10-11,15H,7-9H2,1-6H3,(H,16,17). The van der Waals surface area contributed by atoms with E-state index in [-0.39, 0.29) is 17.1 Å². The lowest BCUT2D eigenvalue weighted by Crippen LogP contribution is -2.38. The highest BCUT2D eigenvalue weighted by atomic mass is 32.2. The molecule has 122 valence electrons. The predicted octanol–water partition coefficient (Wildman–Crippen LogP) is 2.03. The van der Waals surface area contributed by atoms with Gasteiger partial charge in [0.1, 0.15) is 0 Å². The van der Waals surface area contributed by atoms with E-state index < -0.39 is 10.0 Å². The number of aromatic nitrogens is 2. The van der Waals surface area contributed by atoms with Crippen LogP contribution >= 0.6 is 0 Å². The molecule has 21 heavy (non-hydrogen) atoms. The van der Waals surface area contributed by atoms with Crippen LogP contribution in [-0.2, 0) is 16.6 Å². The molecule has 1 heterocycles. The van der Waals surface area contributed by atoms with Crippen LogP contribution in [0.25, 0.3) is 0 Å². The van der Waals surface area contributed by atoms with Gasteiger partial charge in [0, 0.05) is 36.4 Å². The second kappa shape index (κ2) is 7.38. The lowest BCUT2D eigenvalue weighted by atomic mass is 10.2. The van der Waals surface area contributed by atoms with Gasteiger partial charge in [0.15, 0.2) is 5.03 Å². The van der Waals surface area contributed by atoms with Gasteiger partial charge in [0.25, 0.3) is 10.0 Å². The molecule has 0 saturated carbocycles. The first-order valence-electron chi connectivity index (χ1n) is 7.50. The van der Waals surface area contributed by atoms with E-state index in [1.54, 1.807) is 0 Å². The van der Waals surface area contributed by atoms with E-state index in [0.717, 1.165) is 17.7 Å². The summed E-state index contributed by atoms with van der Waals surface area (Å²) in [4.78, 5) is 0. The molecule has 1 rings (SSSR count). The van der Waals surface area contributed by atoms with Gasteiger partial charge in [0.05, 0.1) is 0 Å². The average molecular weight is 316 g/mol. The molecule has 0 aliphatic rings. The molecule has 0 aliphatic heterocycles. The maximum Gasteiger partial charge on any atom is 0.262 e. The average Bonchev–Trinajstić information content (AvgIpc) is 2.74. The summed E-state index contributed by atoms with van der Waals surface area (Å²) in [6, 6.07) is 0.199. The highest BCUT2D eigenvalue weighted by Gasteiger charge is 2.31. The van der Waals surface area contributed by atoms with Gasteiger partial charge in [-0.2, -0.15) is 9.40 Å². The van der Waals surface area contributed by atoms with E-state index in [2.05, 4.69) is 15.5 Å². The van der Waals surface area contributed by atoms with E-state index >= 15 is 0 Å². The highest BCUT2D eigenvalue weighted by Crippen LogP contribution is 2.22. The van der Waals surface area contributed by atoms with Crippen molar-refractivity contribution in [2.75, 3.05) is 6.54 Å². The van der Waals surface area contributed by atoms with Gasteiger partial charge in [-0.25, -0.2) is 8.42 Å². The van der Waals surface area contributed by atoms with Crippen molar-refractivity contribution < 1.29 is 8.42 Å². The molecule has 0 spiro atoms. The number of nitrogens with zero attached hydrogens (tertiary/aromatic N) is 2. The second-order valence-electron chi connectivity index (χ2n) is 5.88. The summed E-state index contributed by atoms with van der Waals surface area (Å²) < 4.78 is 27.2. The fraction of sp³-hybridized carbons (Fsp3) is 0.786. The molecule has 1 aromatic heterocycles. The van der Waals surface area contributed by atoms with Crippen molar-refractivity contribution in [3.63, 3.8) is 0 Å². The minimum absolute atomic E-state index is 0.0853. The van der Waals surface area contributed by atoms with Gasteiger partial charge in [-0.05, 0) is 27.2 Å². The van der Waals surface area contributed by atoms with Crippen LogP contribution in [0.15, 0.2) is 5.03 Å². The molecular formula is C14H28N4O2S. The summed E-state index contributed by atoms with van der Waals surface area (Å²) in [6.45, 7) is 12.7. The van der Waals surface area contributed by atoms with Crippen LogP contribution in [0.3, 0.4) is 0 Å². The first-order chi connectivity index (χ1) is 9.71. The Kier molecular flexibility index (Phi) is 6.37. The van der Waals surface area contributed by atoms with Crippen molar-refractivity contribution >= 4 is 10.0 Å². The number of rotatable bonds is 8. The van der Waals surface area contributed by atoms with Gasteiger partial charge in [-0.15, -0.1) is 0 Å². The Bertz CT molecular complexity index is 549. The molecule has 0 radical (unpaired) electrons. The predicted molar refractivity (Wildman–Crippen MR) is 84.6 cm³/mol. The van der Waals surface area contributed by atoms with Crippen LogP contribution in [0.5, 0.6) is 0 Å². The molecule has 0 atom stereocenters. The lowest BCUT2D eigenvalue weighted by Gasteiger charge is -2.25. The molecule has 0 bridgehead atoms. The minimum atomic E-state index is -3.57. The van der Waals surface area contributed by atoms with Crippen molar-refractivity contribution in [2.45, 2.75) is 71.6 Å². The number of sulfonamides is 1. The van der Waals surface area contributed by atoms with Crippen LogP contribution in [0, 0.1) is 6.92 Å². The Hall–Kier alpha value is -0.920. The Morgan fingerprint density at radius 3 is 2.38 bits per heavy atom. The zero-order valence-electron chi connectivity index (χ0n) is 13.9. The van der Waals surface area contributed by atoms with Crippen molar-refractivity contribution in [1.29, 1.82) is 0 Å². The summed E-state index contributed by atoms with van der Waals surface area (Å²) in [5, 5.41) is 10.3. The van der Waals surface area contributed by atoms with Crippen molar-refractivity contribution in [1.82, 2.24) is 19.8 Å². The van der Waals surface area contributed by atoms with E-state index in [1.165, 1.54) is 4.31 Å². The number of aryl methyl sites for hydroxylation is 1. The van der Waals surface area contributed by atoms with Gasteiger partial charge in [-0.3, -0.25) is 5.10 Å². The smallest absolute Gasteiger partial charge is 0.262 e. The summed E-state index contributed by atoms with van der Waals surface area (Å²) in [6.07, 6.45) is 0.778. The first kappa shape index (κ1) is 18.1. The maximum absolute atomic E-state index is 12.9. The molecule has 6 nitrogen and oxygen atoms in total. The molecule has 0 saturated heterocycles. The third-order valence-electron chi connectivity index (χ3n) is 3.30. The minimum Gasteiger partial charge on any atom is -0.310 e. The van der Waals surface area contributed by atoms with E-state index in [1.807, 2.05) is 41.5 Å². The zero-order valence-corrected chi connectivity index (χ0v) is 14.7. The van der Waals surface area contributed by atoms with Gasteiger partial charge in [-0.1, -0.05) is 20.8 Å². The Morgan fingerprint density at radius 2 is 1.90 bits per heavy atom. The maximum atomic E-state index is 12.9. The number of H-pyrrole nitrogens is 1. The van der Waals surface area contributed by atoms with E-state index in [4.69, 9.17) is 0 Å². The number of hydrogen-bond acceptors (Lipinski definition) is 4. The highest BCUT2D eigenvalue weighted by molar-refractivity contribution is 7.89.